The number of hydrogen-bond acceptors (Lipinski definition) is 4. The first-order valence-electron chi connectivity index (χ1n) is 8.16. The summed E-state index contributed by atoms with van der Waals surface area (Å²) >= 11 is 0. The summed E-state index contributed by atoms with van der Waals surface area (Å²) in [6.45, 7) is 1.84. The zero-order valence-electron chi connectivity index (χ0n) is 13.5. The maximum absolute atomic E-state index is 11.6. The molecule has 22 heavy (non-hydrogen) atoms. The highest BCUT2D eigenvalue weighted by atomic mass is 16.4. The van der Waals surface area contributed by atoms with Crippen molar-refractivity contribution >= 4 is 17.7 Å². The number of carboxylic acid groups (broad SMARTS) is 1. The lowest BCUT2D eigenvalue weighted by Gasteiger charge is -2.12. The Morgan fingerprint density at radius 3 is 2.14 bits per heavy atom. The molecule has 0 bridgehead atoms. The van der Waals surface area contributed by atoms with E-state index in [0.717, 1.165) is 19.3 Å². The van der Waals surface area contributed by atoms with Crippen LogP contribution in [-0.4, -0.2) is 40.5 Å². The van der Waals surface area contributed by atoms with Crippen molar-refractivity contribution < 1.29 is 24.6 Å². The highest BCUT2D eigenvalue weighted by molar-refractivity contribution is 5.99. The number of carbonyl (C=O) groups excluding carboxylic acids is 2. The van der Waals surface area contributed by atoms with E-state index in [0.29, 0.717) is 6.42 Å². The normalized spacial score (nSPS) is 11.9. The average molecular weight is 315 g/mol. The van der Waals surface area contributed by atoms with Gasteiger partial charge in [0.25, 0.3) is 0 Å². The molecule has 0 heterocycles. The van der Waals surface area contributed by atoms with Crippen LogP contribution in [0.2, 0.25) is 0 Å². The van der Waals surface area contributed by atoms with Crippen molar-refractivity contribution in [3.63, 3.8) is 0 Å². The molecule has 0 saturated heterocycles. The number of aliphatic carboxylic acids is 1. The van der Waals surface area contributed by atoms with Crippen molar-refractivity contribution in [1.82, 2.24) is 5.32 Å². The van der Waals surface area contributed by atoms with E-state index in [-0.39, 0.29) is 25.2 Å². The molecule has 0 fully saturated rings. The number of nitrogens with one attached hydrogen (secondary N) is 1. The summed E-state index contributed by atoms with van der Waals surface area (Å²) in [7, 11) is 0. The second kappa shape index (κ2) is 13.2. The molecule has 0 rings (SSSR count). The van der Waals surface area contributed by atoms with Crippen LogP contribution in [0.1, 0.15) is 71.1 Å². The Morgan fingerprint density at radius 2 is 1.59 bits per heavy atom. The van der Waals surface area contributed by atoms with Gasteiger partial charge in [0, 0.05) is 19.4 Å². The first-order chi connectivity index (χ1) is 10.5. The van der Waals surface area contributed by atoms with Crippen LogP contribution in [0.4, 0.5) is 0 Å². The molecule has 1 amide bonds. The zero-order valence-corrected chi connectivity index (χ0v) is 13.5. The van der Waals surface area contributed by atoms with Gasteiger partial charge in [-0.3, -0.25) is 9.59 Å². The number of carbonyl (C=O) groups is 3. The molecule has 0 aliphatic carbocycles. The zero-order chi connectivity index (χ0) is 16.8. The third kappa shape index (κ3) is 11.3. The molecular weight excluding hydrogens is 286 g/mol. The Kier molecular flexibility index (Phi) is 12.4. The van der Waals surface area contributed by atoms with Crippen molar-refractivity contribution in [1.29, 1.82) is 0 Å². The first kappa shape index (κ1) is 20.6. The van der Waals surface area contributed by atoms with E-state index in [1.165, 1.54) is 25.7 Å². The van der Waals surface area contributed by atoms with Crippen LogP contribution >= 0.6 is 0 Å². The van der Waals surface area contributed by atoms with Crippen LogP contribution in [0.5, 0.6) is 0 Å². The SMILES string of the molecule is CCCCCCCCCC(=O)CC(=O)N[C@H](CCO)C(=O)O. The fraction of sp³-hybridized carbons (Fsp3) is 0.812. The van der Waals surface area contributed by atoms with Gasteiger partial charge in [0.05, 0.1) is 6.42 Å². The largest absolute Gasteiger partial charge is 0.480 e. The Hall–Kier alpha value is -1.43. The molecule has 6 nitrogen and oxygen atoms in total. The molecule has 0 unspecified atom stereocenters. The van der Waals surface area contributed by atoms with Crippen LogP contribution < -0.4 is 5.32 Å². The van der Waals surface area contributed by atoms with Crippen LogP contribution in [0.15, 0.2) is 0 Å². The van der Waals surface area contributed by atoms with Crippen molar-refractivity contribution in [3.05, 3.63) is 0 Å². The lowest BCUT2D eigenvalue weighted by atomic mass is 10.1. The number of amides is 1. The summed E-state index contributed by atoms with van der Waals surface area (Å²) < 4.78 is 0. The molecule has 0 aromatic heterocycles. The molecule has 0 aromatic carbocycles. The van der Waals surface area contributed by atoms with E-state index in [9.17, 15) is 14.4 Å². The average Bonchev–Trinajstić information content (AvgIpc) is 2.45. The van der Waals surface area contributed by atoms with Crippen LogP contribution in [0.25, 0.3) is 0 Å². The minimum atomic E-state index is -1.21. The third-order valence-corrected chi connectivity index (χ3v) is 3.47. The summed E-state index contributed by atoms with van der Waals surface area (Å²) in [6, 6.07) is -1.14. The maximum Gasteiger partial charge on any atom is 0.326 e. The molecule has 0 aromatic rings. The van der Waals surface area contributed by atoms with Gasteiger partial charge >= 0.3 is 5.97 Å². The molecule has 0 saturated carbocycles. The van der Waals surface area contributed by atoms with E-state index in [4.69, 9.17) is 10.2 Å². The van der Waals surface area contributed by atoms with Crippen molar-refractivity contribution in [3.8, 4) is 0 Å². The number of aliphatic hydroxyl groups is 1. The first-order valence-corrected chi connectivity index (χ1v) is 8.16. The highest BCUT2D eigenvalue weighted by Gasteiger charge is 2.20. The highest BCUT2D eigenvalue weighted by Crippen LogP contribution is 2.09. The summed E-state index contributed by atoms with van der Waals surface area (Å²) in [5, 5.41) is 19.8. The van der Waals surface area contributed by atoms with Crippen LogP contribution in [0, 0.1) is 0 Å². The number of Topliss-reactive ketones (excluding diaryl/α,β-unsaturated/α-hetero) is 1. The molecule has 3 N–H and O–H groups in total. The van der Waals surface area contributed by atoms with E-state index in [2.05, 4.69) is 12.2 Å². The molecule has 0 aliphatic rings. The lowest BCUT2D eigenvalue weighted by Crippen LogP contribution is -2.42. The van der Waals surface area contributed by atoms with Gasteiger partial charge in [0.1, 0.15) is 11.8 Å². The number of aliphatic hydroxyl groups excluding tert-OH is 1. The Morgan fingerprint density at radius 1 is 1.00 bits per heavy atom. The third-order valence-electron chi connectivity index (χ3n) is 3.47. The van der Waals surface area contributed by atoms with Gasteiger partial charge in [-0.1, -0.05) is 45.4 Å². The van der Waals surface area contributed by atoms with Crippen molar-refractivity contribution in [2.24, 2.45) is 0 Å². The number of rotatable bonds is 14. The predicted molar refractivity (Wildman–Crippen MR) is 83.5 cm³/mol. The summed E-state index contributed by atoms with van der Waals surface area (Å²) in [4.78, 5) is 34.0. The van der Waals surface area contributed by atoms with E-state index >= 15 is 0 Å². The van der Waals surface area contributed by atoms with Crippen molar-refractivity contribution in [2.45, 2.75) is 77.2 Å². The topological polar surface area (TPSA) is 104 Å². The molecule has 6 heteroatoms. The summed E-state index contributed by atoms with van der Waals surface area (Å²) in [5.74, 6) is -1.96. The standard InChI is InChI=1S/C16H29NO5/c1-2-3-4-5-6-7-8-9-13(19)12-15(20)17-14(10-11-18)16(21)22/h14,18H,2-12H2,1H3,(H,17,20)(H,21,22)/t14-/m1/s1. The van der Waals surface area contributed by atoms with Crippen LogP contribution in [0.3, 0.4) is 0 Å². The van der Waals surface area contributed by atoms with Gasteiger partial charge in [0.2, 0.25) is 5.91 Å². The van der Waals surface area contributed by atoms with Gasteiger partial charge in [-0.05, 0) is 6.42 Å². The number of carboxylic acids is 1. The van der Waals surface area contributed by atoms with Gasteiger partial charge in [-0.15, -0.1) is 0 Å². The van der Waals surface area contributed by atoms with E-state index in [1.807, 2.05) is 0 Å². The molecule has 0 spiro atoms. The smallest absolute Gasteiger partial charge is 0.326 e. The Bertz CT molecular complexity index is 343. The second-order valence-electron chi connectivity index (χ2n) is 5.56. The monoisotopic (exact) mass is 315 g/mol. The van der Waals surface area contributed by atoms with Crippen LogP contribution in [-0.2, 0) is 14.4 Å². The van der Waals surface area contributed by atoms with Gasteiger partial charge in [-0.25, -0.2) is 4.79 Å². The van der Waals surface area contributed by atoms with Crippen molar-refractivity contribution in [2.75, 3.05) is 6.61 Å². The lowest BCUT2D eigenvalue weighted by molar-refractivity contribution is -0.143. The Labute approximate surface area is 132 Å². The Balaban J connectivity index is 3.77. The summed E-state index contributed by atoms with van der Waals surface area (Å²) in [6.07, 6.45) is 7.75. The van der Waals surface area contributed by atoms with Gasteiger partial charge in [-0.2, -0.15) is 0 Å². The van der Waals surface area contributed by atoms with Gasteiger partial charge < -0.3 is 15.5 Å². The fourth-order valence-corrected chi connectivity index (χ4v) is 2.18. The predicted octanol–water partition coefficient (Wildman–Crippen LogP) is 2.04. The number of ketones is 1. The minimum absolute atomic E-state index is 0.0625. The molecule has 1 atom stereocenters. The quantitative estimate of drug-likeness (QED) is 0.336. The number of unbranched alkanes of at least 4 members (excludes halogenated alkanes) is 6. The maximum atomic E-state index is 11.6. The molecule has 0 aliphatic heterocycles. The van der Waals surface area contributed by atoms with E-state index in [1.54, 1.807) is 0 Å². The van der Waals surface area contributed by atoms with Gasteiger partial charge in [0.15, 0.2) is 0 Å². The minimum Gasteiger partial charge on any atom is -0.480 e. The molecule has 0 radical (unpaired) electrons. The number of hydrogen-bond donors (Lipinski definition) is 3. The molecular formula is C16H29NO5. The second-order valence-corrected chi connectivity index (χ2v) is 5.56. The molecule has 128 valence electrons. The summed E-state index contributed by atoms with van der Waals surface area (Å²) in [5.41, 5.74) is 0. The fourth-order valence-electron chi connectivity index (χ4n) is 2.18. The van der Waals surface area contributed by atoms with E-state index < -0.39 is 17.9 Å².